The monoisotopic (exact) mass is 268 g/mol. The Morgan fingerprint density at radius 3 is 2.83 bits per heavy atom. The van der Waals surface area contributed by atoms with E-state index in [1.54, 1.807) is 13.1 Å². The number of aromatic carboxylic acids is 1. The molecule has 1 aromatic heterocycles. The first-order valence-electron chi connectivity index (χ1n) is 5.18. The number of nitrogens with zero attached hydrogens (tertiary/aromatic N) is 2. The van der Waals surface area contributed by atoms with Gasteiger partial charge >= 0.3 is 5.97 Å². The van der Waals surface area contributed by atoms with Crippen LogP contribution in [0.2, 0.25) is 5.02 Å². The smallest absolute Gasteiger partial charge is 0.336 e. The van der Waals surface area contributed by atoms with E-state index in [-0.39, 0.29) is 12.1 Å². The van der Waals surface area contributed by atoms with Crippen LogP contribution in [0.25, 0.3) is 0 Å². The Bertz CT molecular complexity index is 591. The Labute approximate surface area is 108 Å². The lowest BCUT2D eigenvalue weighted by Gasteiger charge is -2.06. The summed E-state index contributed by atoms with van der Waals surface area (Å²) in [5.41, 5.74) is 1.07. The van der Waals surface area contributed by atoms with Crippen LogP contribution >= 0.6 is 11.6 Å². The number of aromatic nitrogens is 2. The van der Waals surface area contributed by atoms with Gasteiger partial charge in [-0.3, -0.25) is 4.68 Å². The first-order chi connectivity index (χ1) is 8.47. The summed E-state index contributed by atoms with van der Waals surface area (Å²) in [6.07, 6.45) is 1.60. The summed E-state index contributed by atoms with van der Waals surface area (Å²) >= 11 is 5.86. The highest BCUT2D eigenvalue weighted by Crippen LogP contribution is 2.16. The molecule has 2 aromatic rings. The molecule has 0 radical (unpaired) electrons. The molecule has 2 rings (SSSR count). The molecule has 0 fully saturated rings. The van der Waals surface area contributed by atoms with Gasteiger partial charge in [-0.05, 0) is 24.6 Å². The second kappa shape index (κ2) is 4.78. The highest BCUT2D eigenvalue weighted by molar-refractivity contribution is 6.31. The van der Waals surface area contributed by atoms with Gasteiger partial charge in [0.1, 0.15) is 5.82 Å². The molecule has 0 saturated carbocycles. The van der Waals surface area contributed by atoms with Gasteiger partial charge in [0.15, 0.2) is 0 Å². The summed E-state index contributed by atoms with van der Waals surface area (Å²) in [5.74, 6) is -1.75. The third-order valence-electron chi connectivity index (χ3n) is 2.52. The molecule has 0 aliphatic rings. The summed E-state index contributed by atoms with van der Waals surface area (Å²) in [7, 11) is 0. The molecule has 4 nitrogen and oxygen atoms in total. The van der Waals surface area contributed by atoms with Crippen LogP contribution in [0.4, 0.5) is 4.39 Å². The normalized spacial score (nSPS) is 10.6. The van der Waals surface area contributed by atoms with E-state index in [4.69, 9.17) is 16.7 Å². The van der Waals surface area contributed by atoms with Crippen molar-refractivity contribution in [3.63, 3.8) is 0 Å². The van der Waals surface area contributed by atoms with Crippen LogP contribution in [-0.4, -0.2) is 20.9 Å². The van der Waals surface area contributed by atoms with E-state index in [1.807, 2.05) is 0 Å². The average molecular weight is 269 g/mol. The number of carbonyl (C=O) groups is 1. The van der Waals surface area contributed by atoms with Crippen LogP contribution in [-0.2, 0) is 6.54 Å². The van der Waals surface area contributed by atoms with Gasteiger partial charge in [-0.25, -0.2) is 9.18 Å². The van der Waals surface area contributed by atoms with Crippen molar-refractivity contribution in [1.29, 1.82) is 0 Å². The Morgan fingerprint density at radius 2 is 2.28 bits per heavy atom. The van der Waals surface area contributed by atoms with E-state index in [0.29, 0.717) is 16.3 Å². The maximum atomic E-state index is 13.0. The van der Waals surface area contributed by atoms with E-state index < -0.39 is 11.8 Å². The third kappa shape index (κ3) is 2.51. The highest BCUT2D eigenvalue weighted by Gasteiger charge is 2.12. The second-order valence-corrected chi connectivity index (χ2v) is 4.27. The van der Waals surface area contributed by atoms with E-state index in [2.05, 4.69) is 5.10 Å². The molecule has 1 N–H and O–H groups in total. The molecule has 0 aliphatic heterocycles. The minimum Gasteiger partial charge on any atom is -0.478 e. The zero-order chi connectivity index (χ0) is 13.3. The molecule has 0 saturated heterocycles. The second-order valence-electron chi connectivity index (χ2n) is 3.87. The molecule has 1 heterocycles. The lowest BCUT2D eigenvalue weighted by atomic mass is 10.1. The topological polar surface area (TPSA) is 55.1 Å². The first kappa shape index (κ1) is 12.6. The van der Waals surface area contributed by atoms with Crippen molar-refractivity contribution >= 4 is 17.6 Å². The molecule has 18 heavy (non-hydrogen) atoms. The van der Waals surface area contributed by atoms with Gasteiger partial charge in [-0.1, -0.05) is 17.7 Å². The zero-order valence-electron chi connectivity index (χ0n) is 9.52. The number of hydrogen-bond donors (Lipinski definition) is 1. The predicted octanol–water partition coefficient (Wildman–Crippen LogP) is 2.73. The molecule has 6 heteroatoms. The Balaban J connectivity index is 2.36. The van der Waals surface area contributed by atoms with Gasteiger partial charge in [0.05, 0.1) is 22.8 Å². The molecule has 0 bridgehead atoms. The number of hydrogen-bond acceptors (Lipinski definition) is 2. The van der Waals surface area contributed by atoms with Gasteiger partial charge in [0.2, 0.25) is 0 Å². The van der Waals surface area contributed by atoms with Crippen LogP contribution in [0, 0.1) is 12.7 Å². The zero-order valence-corrected chi connectivity index (χ0v) is 10.3. The largest absolute Gasteiger partial charge is 0.478 e. The SMILES string of the molecule is Cc1nn(Cc2ccc(F)cc2C(=O)O)cc1Cl. The summed E-state index contributed by atoms with van der Waals surface area (Å²) in [6, 6.07) is 3.65. The number of halogens is 2. The standard InChI is InChI=1S/C12H10ClFN2O2/c1-7-11(13)6-16(15-7)5-8-2-3-9(14)4-10(8)12(17)18/h2-4,6H,5H2,1H3,(H,17,18). The van der Waals surface area contributed by atoms with E-state index >= 15 is 0 Å². The summed E-state index contributed by atoms with van der Waals surface area (Å²) in [4.78, 5) is 11.0. The van der Waals surface area contributed by atoms with Gasteiger partial charge < -0.3 is 5.11 Å². The van der Waals surface area contributed by atoms with E-state index in [1.165, 1.54) is 16.8 Å². The van der Waals surface area contributed by atoms with E-state index in [0.717, 1.165) is 6.07 Å². The molecule has 0 atom stereocenters. The fourth-order valence-corrected chi connectivity index (χ4v) is 1.79. The average Bonchev–Trinajstić information content (AvgIpc) is 2.60. The van der Waals surface area contributed by atoms with Crippen molar-refractivity contribution in [1.82, 2.24) is 9.78 Å². The Morgan fingerprint density at radius 1 is 1.56 bits per heavy atom. The van der Waals surface area contributed by atoms with Crippen LogP contribution in [0.3, 0.4) is 0 Å². The fourth-order valence-electron chi connectivity index (χ4n) is 1.63. The number of aryl methyl sites for hydroxylation is 1. The minimum atomic E-state index is -1.17. The number of carboxylic acids is 1. The lowest BCUT2D eigenvalue weighted by molar-refractivity contribution is 0.0695. The molecular weight excluding hydrogens is 259 g/mol. The first-order valence-corrected chi connectivity index (χ1v) is 5.56. The number of benzene rings is 1. The van der Waals surface area contributed by atoms with Crippen molar-refractivity contribution in [2.75, 3.05) is 0 Å². The number of carboxylic acid groups (broad SMARTS) is 1. The molecule has 0 aliphatic carbocycles. The van der Waals surface area contributed by atoms with Crippen molar-refractivity contribution in [2.24, 2.45) is 0 Å². The highest BCUT2D eigenvalue weighted by atomic mass is 35.5. The maximum Gasteiger partial charge on any atom is 0.336 e. The van der Waals surface area contributed by atoms with Crippen LogP contribution in [0.15, 0.2) is 24.4 Å². The van der Waals surface area contributed by atoms with Crippen molar-refractivity contribution in [3.8, 4) is 0 Å². The summed E-state index contributed by atoms with van der Waals surface area (Å²) in [6.45, 7) is 1.98. The third-order valence-corrected chi connectivity index (χ3v) is 2.89. The molecule has 0 spiro atoms. The van der Waals surface area contributed by atoms with Crippen molar-refractivity contribution < 1.29 is 14.3 Å². The van der Waals surface area contributed by atoms with E-state index in [9.17, 15) is 9.18 Å². The molecular formula is C12H10ClFN2O2. The van der Waals surface area contributed by atoms with Gasteiger partial charge in [0, 0.05) is 6.20 Å². The molecule has 1 aromatic carbocycles. The van der Waals surface area contributed by atoms with Crippen molar-refractivity contribution in [2.45, 2.75) is 13.5 Å². The number of rotatable bonds is 3. The quantitative estimate of drug-likeness (QED) is 0.931. The summed E-state index contributed by atoms with van der Waals surface area (Å²) < 4.78 is 14.5. The lowest BCUT2D eigenvalue weighted by Crippen LogP contribution is -2.08. The molecule has 94 valence electrons. The summed E-state index contributed by atoms with van der Waals surface area (Å²) in [5, 5.41) is 13.6. The predicted molar refractivity (Wildman–Crippen MR) is 64.4 cm³/mol. The molecule has 0 unspecified atom stereocenters. The Kier molecular flexibility index (Phi) is 3.34. The fraction of sp³-hybridized carbons (Fsp3) is 0.167. The van der Waals surface area contributed by atoms with Gasteiger partial charge in [0.25, 0.3) is 0 Å². The Hall–Kier alpha value is -1.88. The maximum absolute atomic E-state index is 13.0. The van der Waals surface area contributed by atoms with Crippen LogP contribution in [0.5, 0.6) is 0 Å². The van der Waals surface area contributed by atoms with Crippen LogP contribution in [0.1, 0.15) is 21.6 Å². The van der Waals surface area contributed by atoms with Crippen LogP contribution < -0.4 is 0 Å². The van der Waals surface area contributed by atoms with Gasteiger partial charge in [-0.2, -0.15) is 5.10 Å². The van der Waals surface area contributed by atoms with Gasteiger partial charge in [-0.15, -0.1) is 0 Å². The van der Waals surface area contributed by atoms with Crippen molar-refractivity contribution in [3.05, 3.63) is 52.1 Å². The minimum absolute atomic E-state index is 0.0701. The molecule has 0 amide bonds.